The van der Waals surface area contributed by atoms with Gasteiger partial charge >= 0.3 is 12.0 Å². The maximum atomic E-state index is 12.1. The van der Waals surface area contributed by atoms with Crippen LogP contribution in [-0.4, -0.2) is 34.6 Å². The molecule has 0 spiro atoms. The summed E-state index contributed by atoms with van der Waals surface area (Å²) in [6, 6.07) is -0.324. The minimum Gasteiger partial charge on any atom is -0.481 e. The number of carbonyl (C=O) groups is 2. The van der Waals surface area contributed by atoms with Crippen molar-refractivity contribution in [1.29, 1.82) is 0 Å². The number of aryl methyl sites for hydroxylation is 1. The van der Waals surface area contributed by atoms with Crippen molar-refractivity contribution in [2.24, 2.45) is 0 Å². The number of rotatable bonds is 4. The van der Waals surface area contributed by atoms with Gasteiger partial charge in [0.2, 0.25) is 0 Å². The van der Waals surface area contributed by atoms with Crippen LogP contribution in [0.25, 0.3) is 0 Å². The molecule has 19 heavy (non-hydrogen) atoms. The summed E-state index contributed by atoms with van der Waals surface area (Å²) in [7, 11) is 0. The Morgan fingerprint density at radius 2 is 2.32 bits per heavy atom. The topological polar surface area (TPSA) is 69.6 Å². The van der Waals surface area contributed by atoms with E-state index in [2.05, 4.69) is 5.32 Å². The first kappa shape index (κ1) is 13.9. The molecule has 104 valence electrons. The van der Waals surface area contributed by atoms with Crippen LogP contribution in [0.4, 0.5) is 4.79 Å². The third kappa shape index (κ3) is 3.47. The summed E-state index contributed by atoms with van der Waals surface area (Å²) < 4.78 is 0. The first-order chi connectivity index (χ1) is 9.08. The van der Waals surface area contributed by atoms with E-state index >= 15 is 0 Å². The van der Waals surface area contributed by atoms with Gasteiger partial charge in [-0.3, -0.25) is 4.79 Å². The number of carbonyl (C=O) groups excluding carboxylic acids is 1. The Hall–Kier alpha value is -1.56. The second kappa shape index (κ2) is 6.06. The average molecular weight is 282 g/mol. The summed E-state index contributed by atoms with van der Waals surface area (Å²) in [6.07, 6.45) is 1.69. The molecule has 2 rings (SSSR count). The van der Waals surface area contributed by atoms with Gasteiger partial charge in [0.05, 0.1) is 6.42 Å². The number of hydrogen-bond donors (Lipinski definition) is 2. The molecule has 6 heteroatoms. The predicted octanol–water partition coefficient (Wildman–Crippen LogP) is 2.21. The molecule has 1 unspecified atom stereocenters. The number of aliphatic carboxylic acids is 1. The van der Waals surface area contributed by atoms with Crippen LogP contribution in [0.2, 0.25) is 0 Å². The lowest BCUT2D eigenvalue weighted by atomic mass is 10.1. The van der Waals surface area contributed by atoms with E-state index in [0.29, 0.717) is 13.1 Å². The number of thiophene rings is 1. The minimum atomic E-state index is -0.849. The standard InChI is InChI=1S/C13H18N2O3S/c1-9-7-19-8-10(9)6-14-13(18)15-4-2-3-11(15)5-12(16)17/h7-8,11H,2-6H2,1H3,(H,14,18)(H,16,17). The smallest absolute Gasteiger partial charge is 0.317 e. The normalized spacial score (nSPS) is 18.6. The lowest BCUT2D eigenvalue weighted by Crippen LogP contribution is -2.43. The van der Waals surface area contributed by atoms with Gasteiger partial charge in [0.15, 0.2) is 0 Å². The predicted molar refractivity (Wildman–Crippen MR) is 73.3 cm³/mol. The fraction of sp³-hybridized carbons (Fsp3) is 0.538. The lowest BCUT2D eigenvalue weighted by Gasteiger charge is -2.23. The van der Waals surface area contributed by atoms with Crippen LogP contribution < -0.4 is 5.32 Å². The van der Waals surface area contributed by atoms with Crippen molar-refractivity contribution in [2.75, 3.05) is 6.54 Å². The number of urea groups is 1. The van der Waals surface area contributed by atoms with Gasteiger partial charge in [-0.25, -0.2) is 4.79 Å². The Bertz CT molecular complexity index is 472. The number of carboxylic acids is 1. The van der Waals surface area contributed by atoms with Crippen molar-refractivity contribution in [2.45, 2.75) is 38.8 Å². The largest absolute Gasteiger partial charge is 0.481 e. The number of likely N-dealkylation sites (tertiary alicyclic amines) is 1. The molecule has 5 nitrogen and oxygen atoms in total. The molecule has 0 aliphatic carbocycles. The highest BCUT2D eigenvalue weighted by atomic mass is 32.1. The van der Waals surface area contributed by atoms with Gasteiger partial charge in [0.1, 0.15) is 0 Å². The monoisotopic (exact) mass is 282 g/mol. The molecular formula is C13H18N2O3S. The highest BCUT2D eigenvalue weighted by Crippen LogP contribution is 2.20. The maximum absolute atomic E-state index is 12.1. The summed E-state index contributed by atoms with van der Waals surface area (Å²) in [5.41, 5.74) is 2.29. The van der Waals surface area contributed by atoms with Crippen molar-refractivity contribution in [3.8, 4) is 0 Å². The van der Waals surface area contributed by atoms with Gasteiger partial charge in [-0.2, -0.15) is 11.3 Å². The number of carboxylic acid groups (broad SMARTS) is 1. The van der Waals surface area contributed by atoms with E-state index < -0.39 is 5.97 Å². The summed E-state index contributed by atoms with van der Waals surface area (Å²) in [4.78, 5) is 24.5. The molecule has 1 fully saturated rings. The van der Waals surface area contributed by atoms with E-state index in [4.69, 9.17) is 5.11 Å². The third-order valence-corrected chi connectivity index (χ3v) is 4.35. The van der Waals surface area contributed by atoms with E-state index in [1.165, 1.54) is 5.56 Å². The molecule has 1 atom stereocenters. The molecule has 1 aliphatic heterocycles. The number of nitrogens with one attached hydrogen (secondary N) is 1. The molecule has 0 aromatic carbocycles. The van der Waals surface area contributed by atoms with Gasteiger partial charge < -0.3 is 15.3 Å². The Kier molecular flexibility index (Phi) is 4.42. The minimum absolute atomic E-state index is 0.0326. The van der Waals surface area contributed by atoms with E-state index in [9.17, 15) is 9.59 Å². The SMILES string of the molecule is Cc1cscc1CNC(=O)N1CCCC1CC(=O)O. The highest BCUT2D eigenvalue weighted by Gasteiger charge is 2.30. The molecule has 1 aromatic rings. The zero-order chi connectivity index (χ0) is 13.8. The molecule has 2 amide bonds. The zero-order valence-corrected chi connectivity index (χ0v) is 11.7. The van der Waals surface area contributed by atoms with Crippen molar-refractivity contribution in [1.82, 2.24) is 10.2 Å². The number of nitrogens with zero attached hydrogens (tertiary/aromatic N) is 1. The molecule has 1 aliphatic rings. The van der Waals surface area contributed by atoms with Crippen LogP contribution in [0.1, 0.15) is 30.4 Å². The second-order valence-electron chi connectivity index (χ2n) is 4.83. The van der Waals surface area contributed by atoms with Crippen molar-refractivity contribution in [3.63, 3.8) is 0 Å². The first-order valence-electron chi connectivity index (χ1n) is 6.36. The number of amides is 2. The zero-order valence-electron chi connectivity index (χ0n) is 10.9. The van der Waals surface area contributed by atoms with E-state index in [1.54, 1.807) is 16.2 Å². The Labute approximate surface area is 116 Å². The quantitative estimate of drug-likeness (QED) is 0.889. The van der Waals surface area contributed by atoms with E-state index in [-0.39, 0.29) is 18.5 Å². The highest BCUT2D eigenvalue weighted by molar-refractivity contribution is 7.08. The Morgan fingerprint density at radius 1 is 1.53 bits per heavy atom. The van der Waals surface area contributed by atoms with Crippen molar-refractivity contribution < 1.29 is 14.7 Å². The first-order valence-corrected chi connectivity index (χ1v) is 7.30. The van der Waals surface area contributed by atoms with Crippen LogP contribution in [0.15, 0.2) is 10.8 Å². The summed E-state index contributed by atoms with van der Waals surface area (Å²) in [5, 5.41) is 15.8. The van der Waals surface area contributed by atoms with E-state index in [1.807, 2.05) is 17.7 Å². The molecule has 0 bridgehead atoms. The van der Waals surface area contributed by atoms with Crippen molar-refractivity contribution in [3.05, 3.63) is 21.9 Å². The third-order valence-electron chi connectivity index (χ3n) is 3.44. The fourth-order valence-corrected chi connectivity index (χ4v) is 3.21. The molecule has 0 radical (unpaired) electrons. The summed E-state index contributed by atoms with van der Waals surface area (Å²) >= 11 is 1.62. The summed E-state index contributed by atoms with van der Waals surface area (Å²) in [5.74, 6) is -0.849. The van der Waals surface area contributed by atoms with Crippen LogP contribution in [0, 0.1) is 6.92 Å². The maximum Gasteiger partial charge on any atom is 0.317 e. The van der Waals surface area contributed by atoms with Gasteiger partial charge in [0, 0.05) is 19.1 Å². The van der Waals surface area contributed by atoms with Crippen LogP contribution in [0.5, 0.6) is 0 Å². The molecule has 2 heterocycles. The molecule has 1 saturated heterocycles. The molecular weight excluding hydrogens is 264 g/mol. The molecule has 2 N–H and O–H groups in total. The number of hydrogen-bond acceptors (Lipinski definition) is 3. The lowest BCUT2D eigenvalue weighted by molar-refractivity contribution is -0.137. The molecule has 0 saturated carbocycles. The van der Waals surface area contributed by atoms with Crippen molar-refractivity contribution >= 4 is 23.3 Å². The Balaban J connectivity index is 1.88. The fourth-order valence-electron chi connectivity index (χ4n) is 2.36. The van der Waals surface area contributed by atoms with Crippen LogP contribution in [-0.2, 0) is 11.3 Å². The average Bonchev–Trinajstić information content (AvgIpc) is 2.95. The van der Waals surface area contributed by atoms with E-state index in [0.717, 1.165) is 18.4 Å². The van der Waals surface area contributed by atoms with Gasteiger partial charge in [-0.1, -0.05) is 0 Å². The van der Waals surface area contributed by atoms with Crippen LogP contribution in [0.3, 0.4) is 0 Å². The van der Waals surface area contributed by atoms with Crippen LogP contribution >= 0.6 is 11.3 Å². The Morgan fingerprint density at radius 3 is 2.95 bits per heavy atom. The van der Waals surface area contributed by atoms with Gasteiger partial charge in [-0.05, 0) is 41.7 Å². The summed E-state index contributed by atoms with van der Waals surface area (Å²) in [6.45, 7) is 3.16. The molecule has 1 aromatic heterocycles. The van der Waals surface area contributed by atoms with Gasteiger partial charge in [0.25, 0.3) is 0 Å². The van der Waals surface area contributed by atoms with Gasteiger partial charge in [-0.15, -0.1) is 0 Å². The second-order valence-corrected chi connectivity index (χ2v) is 5.57.